The van der Waals surface area contributed by atoms with Gasteiger partial charge in [0.25, 0.3) is 5.91 Å². The van der Waals surface area contributed by atoms with Crippen molar-refractivity contribution in [3.8, 4) is 17.2 Å². The molecule has 0 spiro atoms. The van der Waals surface area contributed by atoms with Gasteiger partial charge in [-0.15, -0.1) is 5.10 Å². The van der Waals surface area contributed by atoms with E-state index >= 15 is 0 Å². The molecule has 1 atom stereocenters. The van der Waals surface area contributed by atoms with E-state index < -0.39 is 0 Å². The second-order valence-corrected chi connectivity index (χ2v) is 12.8. The Labute approximate surface area is 298 Å². The molecule has 3 aromatic carbocycles. The number of aromatic nitrogens is 6. The van der Waals surface area contributed by atoms with Crippen LogP contribution in [0.15, 0.2) is 73.1 Å². The number of para-hydroxylation sites is 2. The van der Waals surface area contributed by atoms with Crippen molar-refractivity contribution in [2.75, 3.05) is 60.7 Å². The highest BCUT2D eigenvalue weighted by atomic mass is 16.5. The SMILES string of the molecule is CCOCCn1c(C(=O)C2CCN(CCC(CN(C)C(=O)c3cc(-n4cnnn4)ccc3OC)c3cccc(OC)c3)CC2)nc2ccccc21. The molecule has 0 N–H and O–H groups in total. The molecule has 1 aliphatic rings. The minimum Gasteiger partial charge on any atom is -0.497 e. The van der Waals surface area contributed by atoms with Crippen LogP contribution in [-0.2, 0) is 11.3 Å². The average molecular weight is 695 g/mol. The third-order valence-corrected chi connectivity index (χ3v) is 9.72. The van der Waals surface area contributed by atoms with E-state index in [1.807, 2.05) is 61.0 Å². The number of ketones is 1. The summed E-state index contributed by atoms with van der Waals surface area (Å²) in [6.07, 6.45) is 3.84. The second-order valence-electron chi connectivity index (χ2n) is 12.8. The fraction of sp³-hybridized carbons (Fsp3) is 0.421. The van der Waals surface area contributed by atoms with Crippen molar-refractivity contribution < 1.29 is 23.8 Å². The van der Waals surface area contributed by atoms with Crippen LogP contribution in [0.5, 0.6) is 11.5 Å². The number of benzene rings is 3. The molecule has 5 aromatic rings. The van der Waals surface area contributed by atoms with Crippen molar-refractivity contribution in [2.24, 2.45) is 5.92 Å². The van der Waals surface area contributed by atoms with Gasteiger partial charge in [-0.2, -0.15) is 0 Å². The number of fused-ring (bicyclic) bond motifs is 1. The lowest BCUT2D eigenvalue weighted by atomic mass is 9.90. The molecule has 1 amide bonds. The van der Waals surface area contributed by atoms with Gasteiger partial charge in [0.2, 0.25) is 5.78 Å². The molecule has 1 aliphatic heterocycles. The number of Topliss-reactive ketones (excluding diaryl/α,β-unsaturated/α-hetero) is 1. The number of methoxy groups -OCH3 is 2. The first-order valence-corrected chi connectivity index (χ1v) is 17.5. The van der Waals surface area contributed by atoms with Crippen LogP contribution in [0.1, 0.15) is 58.6 Å². The number of tetrazole rings is 1. The third-order valence-electron chi connectivity index (χ3n) is 9.72. The zero-order valence-corrected chi connectivity index (χ0v) is 29.8. The quantitative estimate of drug-likeness (QED) is 0.104. The summed E-state index contributed by atoms with van der Waals surface area (Å²) in [6, 6.07) is 21.3. The van der Waals surface area contributed by atoms with Gasteiger partial charge in [-0.05, 0) is 104 Å². The van der Waals surface area contributed by atoms with Crippen LogP contribution in [0, 0.1) is 5.92 Å². The van der Waals surface area contributed by atoms with E-state index in [1.165, 1.54) is 11.0 Å². The van der Waals surface area contributed by atoms with Crippen LogP contribution in [0.3, 0.4) is 0 Å². The molecular weight excluding hydrogens is 648 g/mol. The molecule has 3 heterocycles. The first-order chi connectivity index (χ1) is 24.9. The van der Waals surface area contributed by atoms with E-state index in [-0.39, 0.29) is 23.5 Å². The number of rotatable bonds is 16. The number of carbonyl (C=O) groups is 2. The second kappa shape index (κ2) is 16.7. The lowest BCUT2D eigenvalue weighted by Crippen LogP contribution is -2.39. The van der Waals surface area contributed by atoms with E-state index in [2.05, 4.69) is 26.5 Å². The fourth-order valence-electron chi connectivity index (χ4n) is 6.89. The molecule has 13 nitrogen and oxygen atoms in total. The van der Waals surface area contributed by atoms with Gasteiger partial charge in [-0.1, -0.05) is 24.3 Å². The van der Waals surface area contributed by atoms with Crippen molar-refractivity contribution in [2.45, 2.75) is 38.6 Å². The first-order valence-electron chi connectivity index (χ1n) is 17.5. The molecule has 1 fully saturated rings. The molecule has 0 aliphatic carbocycles. The van der Waals surface area contributed by atoms with Crippen LogP contribution < -0.4 is 9.47 Å². The fourth-order valence-corrected chi connectivity index (χ4v) is 6.89. The van der Waals surface area contributed by atoms with E-state index in [9.17, 15) is 9.59 Å². The Bertz CT molecular complexity index is 1920. The number of ether oxygens (including phenoxy) is 3. The number of likely N-dealkylation sites (tertiary alicyclic amines) is 1. The number of carbonyl (C=O) groups excluding carboxylic acids is 2. The van der Waals surface area contributed by atoms with E-state index in [0.717, 1.165) is 61.2 Å². The Morgan fingerprint density at radius 1 is 0.980 bits per heavy atom. The lowest BCUT2D eigenvalue weighted by molar-refractivity contribution is 0.0776. The van der Waals surface area contributed by atoms with E-state index in [0.29, 0.717) is 49.1 Å². The Hall–Kier alpha value is -5.14. The van der Waals surface area contributed by atoms with Gasteiger partial charge in [-0.25, -0.2) is 9.67 Å². The van der Waals surface area contributed by atoms with E-state index in [4.69, 9.17) is 19.2 Å². The van der Waals surface area contributed by atoms with Gasteiger partial charge in [0, 0.05) is 38.6 Å². The summed E-state index contributed by atoms with van der Waals surface area (Å²) >= 11 is 0. The number of imidazole rings is 1. The minimum atomic E-state index is -0.165. The number of piperidine rings is 1. The predicted octanol–water partition coefficient (Wildman–Crippen LogP) is 4.91. The summed E-state index contributed by atoms with van der Waals surface area (Å²) in [7, 11) is 5.03. The monoisotopic (exact) mass is 694 g/mol. The van der Waals surface area contributed by atoms with Gasteiger partial charge in [0.15, 0.2) is 5.82 Å². The van der Waals surface area contributed by atoms with Crippen molar-refractivity contribution in [3.63, 3.8) is 0 Å². The summed E-state index contributed by atoms with van der Waals surface area (Å²) in [5.74, 6) is 1.67. The molecule has 0 bridgehead atoms. The number of hydrogen-bond donors (Lipinski definition) is 0. The first kappa shape index (κ1) is 35.7. The number of amides is 1. The molecule has 0 radical (unpaired) electrons. The highest BCUT2D eigenvalue weighted by Crippen LogP contribution is 2.30. The Morgan fingerprint density at radius 3 is 2.55 bits per heavy atom. The lowest BCUT2D eigenvalue weighted by Gasteiger charge is -2.33. The van der Waals surface area contributed by atoms with E-state index in [1.54, 1.807) is 37.3 Å². The summed E-state index contributed by atoms with van der Waals surface area (Å²) in [4.78, 5) is 36.7. The van der Waals surface area contributed by atoms with Crippen molar-refractivity contribution >= 4 is 22.7 Å². The molecule has 2 aromatic heterocycles. The van der Waals surface area contributed by atoms with Crippen molar-refractivity contribution in [1.29, 1.82) is 0 Å². The molecule has 0 saturated carbocycles. The maximum Gasteiger partial charge on any atom is 0.257 e. The molecule has 13 heteroatoms. The number of nitrogens with zero attached hydrogens (tertiary/aromatic N) is 8. The number of likely N-dealkylation sites (N-methyl/N-ethyl adjacent to an activating group) is 1. The van der Waals surface area contributed by atoms with Gasteiger partial charge >= 0.3 is 0 Å². The number of hydrogen-bond acceptors (Lipinski definition) is 10. The Balaban J connectivity index is 1.13. The van der Waals surface area contributed by atoms with Crippen LogP contribution in [0.4, 0.5) is 0 Å². The Kier molecular flexibility index (Phi) is 11.7. The summed E-state index contributed by atoms with van der Waals surface area (Å²) in [5.41, 5.74) is 3.98. The van der Waals surface area contributed by atoms with Gasteiger partial charge in [0.05, 0.1) is 43.1 Å². The standard InChI is InChI=1S/C38H46N8O5/c1-5-51-22-21-45-34-12-7-6-11-33(34)40-37(45)36(47)27-15-18-44(19-16-27)20-17-29(28-9-8-10-31(23-28)49-3)25-43(2)38(48)32-24-30(13-14-35(32)50-4)46-26-39-41-42-46/h6-14,23-24,26-27,29H,5,15-22,25H2,1-4H3. The zero-order valence-electron chi connectivity index (χ0n) is 29.8. The molecule has 51 heavy (non-hydrogen) atoms. The third kappa shape index (κ3) is 8.26. The average Bonchev–Trinajstić information content (AvgIpc) is 3.85. The molecule has 1 unspecified atom stereocenters. The highest BCUT2D eigenvalue weighted by Gasteiger charge is 2.30. The van der Waals surface area contributed by atoms with Gasteiger partial charge in [0.1, 0.15) is 17.8 Å². The molecule has 268 valence electrons. The normalized spacial score (nSPS) is 14.4. The summed E-state index contributed by atoms with van der Waals surface area (Å²) in [6.45, 7) is 6.67. The van der Waals surface area contributed by atoms with Crippen LogP contribution in [0.25, 0.3) is 16.7 Å². The summed E-state index contributed by atoms with van der Waals surface area (Å²) in [5, 5.41) is 11.4. The molecular formula is C38H46N8O5. The van der Waals surface area contributed by atoms with Gasteiger partial charge in [-0.3, -0.25) is 9.59 Å². The van der Waals surface area contributed by atoms with Crippen molar-refractivity contribution in [1.82, 2.24) is 39.6 Å². The highest BCUT2D eigenvalue weighted by molar-refractivity contribution is 5.98. The summed E-state index contributed by atoms with van der Waals surface area (Å²) < 4.78 is 20.3. The van der Waals surface area contributed by atoms with Crippen LogP contribution in [-0.4, -0.2) is 112 Å². The zero-order chi connectivity index (χ0) is 35.7. The largest absolute Gasteiger partial charge is 0.497 e. The van der Waals surface area contributed by atoms with Crippen LogP contribution >= 0.6 is 0 Å². The molecule has 1 saturated heterocycles. The maximum absolute atomic E-state index is 13.9. The molecule has 6 rings (SSSR count). The predicted molar refractivity (Wildman–Crippen MR) is 193 cm³/mol. The smallest absolute Gasteiger partial charge is 0.257 e. The Morgan fingerprint density at radius 2 is 1.80 bits per heavy atom. The van der Waals surface area contributed by atoms with Crippen LogP contribution in [0.2, 0.25) is 0 Å². The van der Waals surface area contributed by atoms with Gasteiger partial charge < -0.3 is 28.6 Å². The topological polar surface area (TPSA) is 130 Å². The van der Waals surface area contributed by atoms with Crippen molar-refractivity contribution in [3.05, 3.63) is 90.0 Å². The maximum atomic E-state index is 13.9. The minimum absolute atomic E-state index is 0.0346.